The van der Waals surface area contributed by atoms with E-state index < -0.39 is 54.0 Å². The lowest BCUT2D eigenvalue weighted by molar-refractivity contribution is -0.154. The average molecular weight is 553 g/mol. The Balaban J connectivity index is 2.02. The summed E-state index contributed by atoms with van der Waals surface area (Å²) in [5.74, 6) is -4.28. The zero-order valence-corrected chi connectivity index (χ0v) is 22.9. The fourth-order valence-corrected chi connectivity index (χ4v) is 3.65. The third kappa shape index (κ3) is 11.9. The topological polar surface area (TPSA) is 160 Å². The standard InChI is InChI=1S/C29H36N4O7/c1-19(2)14-23(27(37)31-16-25(35)29(39)40-18-22-12-8-5-9-13-22)33-28(38)24(15-21-10-6-4-7-11-21)32-26(36)17-30-20(3)34/h4-13,19,23-24H,14-18H2,1-3H3,(H,30,34)(H,31,37)(H,32,36)(H,33,38). The number of carbonyl (C=O) groups is 6. The number of hydrogen-bond donors (Lipinski definition) is 4. The van der Waals surface area contributed by atoms with Gasteiger partial charge in [0, 0.05) is 13.3 Å². The lowest BCUT2D eigenvalue weighted by atomic mass is 10.0. The number of carbonyl (C=O) groups excluding carboxylic acids is 6. The number of esters is 1. The Bertz CT molecular complexity index is 1170. The molecule has 0 heterocycles. The molecular formula is C29H36N4O7. The van der Waals surface area contributed by atoms with E-state index in [1.165, 1.54) is 6.92 Å². The molecule has 0 aromatic heterocycles. The van der Waals surface area contributed by atoms with Gasteiger partial charge in [-0.25, -0.2) is 4.79 Å². The summed E-state index contributed by atoms with van der Waals surface area (Å²) in [6.07, 6.45) is 0.377. The second-order valence-corrected chi connectivity index (χ2v) is 9.61. The van der Waals surface area contributed by atoms with E-state index in [2.05, 4.69) is 21.3 Å². The third-order valence-electron chi connectivity index (χ3n) is 5.64. The summed E-state index contributed by atoms with van der Waals surface area (Å²) in [5, 5.41) is 10.0. The van der Waals surface area contributed by atoms with Crippen LogP contribution in [0, 0.1) is 5.92 Å². The first-order valence-corrected chi connectivity index (χ1v) is 12.9. The highest BCUT2D eigenvalue weighted by atomic mass is 16.5. The first-order chi connectivity index (χ1) is 19.0. The largest absolute Gasteiger partial charge is 0.455 e. The van der Waals surface area contributed by atoms with E-state index in [1.807, 2.05) is 26.0 Å². The van der Waals surface area contributed by atoms with Gasteiger partial charge in [0.2, 0.25) is 23.6 Å². The Morgan fingerprint density at radius 1 is 0.725 bits per heavy atom. The molecule has 2 aromatic carbocycles. The molecule has 2 aromatic rings. The van der Waals surface area contributed by atoms with Crippen LogP contribution in [0.25, 0.3) is 0 Å². The molecule has 214 valence electrons. The molecule has 11 heteroatoms. The normalized spacial score (nSPS) is 12.0. The van der Waals surface area contributed by atoms with Crippen molar-refractivity contribution in [2.75, 3.05) is 13.1 Å². The summed E-state index contributed by atoms with van der Waals surface area (Å²) in [4.78, 5) is 74.0. The van der Waals surface area contributed by atoms with Gasteiger partial charge in [-0.2, -0.15) is 0 Å². The number of hydrogen-bond acceptors (Lipinski definition) is 7. The van der Waals surface area contributed by atoms with Gasteiger partial charge in [-0.15, -0.1) is 0 Å². The van der Waals surface area contributed by atoms with Crippen molar-refractivity contribution in [1.82, 2.24) is 21.3 Å². The molecule has 2 atom stereocenters. The zero-order valence-electron chi connectivity index (χ0n) is 22.9. The second-order valence-electron chi connectivity index (χ2n) is 9.61. The van der Waals surface area contributed by atoms with Crippen molar-refractivity contribution in [2.24, 2.45) is 5.92 Å². The smallest absolute Gasteiger partial charge is 0.376 e. The van der Waals surface area contributed by atoms with Crippen LogP contribution in [-0.4, -0.2) is 60.6 Å². The fraction of sp³-hybridized carbons (Fsp3) is 0.379. The van der Waals surface area contributed by atoms with Gasteiger partial charge in [-0.1, -0.05) is 74.5 Å². The molecule has 0 aliphatic rings. The molecule has 0 saturated carbocycles. The van der Waals surface area contributed by atoms with Crippen LogP contribution in [0.15, 0.2) is 60.7 Å². The fourth-order valence-electron chi connectivity index (χ4n) is 3.65. The molecule has 11 nitrogen and oxygen atoms in total. The second kappa shape index (κ2) is 16.4. The van der Waals surface area contributed by atoms with Crippen LogP contribution >= 0.6 is 0 Å². The molecule has 0 fully saturated rings. The summed E-state index contributed by atoms with van der Waals surface area (Å²) in [6, 6.07) is 15.7. The summed E-state index contributed by atoms with van der Waals surface area (Å²) in [7, 11) is 0. The molecule has 40 heavy (non-hydrogen) atoms. The van der Waals surface area contributed by atoms with Gasteiger partial charge < -0.3 is 26.0 Å². The van der Waals surface area contributed by atoms with Gasteiger partial charge in [0.1, 0.15) is 18.7 Å². The molecule has 0 bridgehead atoms. The number of Topliss-reactive ketones (excluding diaryl/α,β-unsaturated/α-hetero) is 1. The number of amides is 4. The van der Waals surface area contributed by atoms with Crippen LogP contribution in [0.5, 0.6) is 0 Å². The Morgan fingerprint density at radius 2 is 1.32 bits per heavy atom. The van der Waals surface area contributed by atoms with Crippen LogP contribution < -0.4 is 21.3 Å². The molecule has 4 amide bonds. The van der Waals surface area contributed by atoms with Crippen LogP contribution in [0.2, 0.25) is 0 Å². The van der Waals surface area contributed by atoms with E-state index in [0.717, 1.165) is 5.56 Å². The Morgan fingerprint density at radius 3 is 1.90 bits per heavy atom. The summed E-state index contributed by atoms with van der Waals surface area (Å²) < 4.78 is 5.00. The van der Waals surface area contributed by atoms with E-state index in [0.29, 0.717) is 5.56 Å². The quantitative estimate of drug-likeness (QED) is 0.188. The van der Waals surface area contributed by atoms with E-state index >= 15 is 0 Å². The molecule has 0 radical (unpaired) electrons. The first-order valence-electron chi connectivity index (χ1n) is 12.9. The summed E-state index contributed by atoms with van der Waals surface area (Å²) in [5.41, 5.74) is 1.48. The van der Waals surface area contributed by atoms with Gasteiger partial charge >= 0.3 is 5.97 Å². The van der Waals surface area contributed by atoms with Crippen molar-refractivity contribution in [3.63, 3.8) is 0 Å². The molecule has 0 aliphatic heterocycles. The highest BCUT2D eigenvalue weighted by molar-refractivity contribution is 6.34. The monoisotopic (exact) mass is 552 g/mol. The molecule has 2 rings (SSSR count). The van der Waals surface area contributed by atoms with Gasteiger partial charge in [-0.3, -0.25) is 24.0 Å². The van der Waals surface area contributed by atoms with Crippen molar-refractivity contribution in [2.45, 2.75) is 52.3 Å². The first kappa shape index (κ1) is 31.7. The number of benzene rings is 2. The molecule has 0 saturated heterocycles. The molecule has 0 spiro atoms. The van der Waals surface area contributed by atoms with Crippen molar-refractivity contribution in [3.05, 3.63) is 71.8 Å². The maximum atomic E-state index is 13.2. The minimum absolute atomic E-state index is 0.00970. The maximum Gasteiger partial charge on any atom is 0.376 e. The van der Waals surface area contributed by atoms with Crippen molar-refractivity contribution >= 4 is 35.4 Å². The van der Waals surface area contributed by atoms with E-state index in [4.69, 9.17) is 4.74 Å². The van der Waals surface area contributed by atoms with Crippen molar-refractivity contribution in [1.29, 1.82) is 0 Å². The molecule has 0 aliphatic carbocycles. The molecule has 4 N–H and O–H groups in total. The summed E-state index contributed by atoms with van der Waals surface area (Å²) in [6.45, 7) is 3.99. The third-order valence-corrected chi connectivity index (χ3v) is 5.64. The van der Waals surface area contributed by atoms with Crippen molar-refractivity contribution in [3.8, 4) is 0 Å². The Labute approximate surface area is 233 Å². The highest BCUT2D eigenvalue weighted by Gasteiger charge is 2.28. The highest BCUT2D eigenvalue weighted by Crippen LogP contribution is 2.08. The van der Waals surface area contributed by atoms with Gasteiger partial charge in [0.05, 0.1) is 13.1 Å². The van der Waals surface area contributed by atoms with E-state index in [9.17, 15) is 28.8 Å². The summed E-state index contributed by atoms with van der Waals surface area (Å²) >= 11 is 0. The van der Waals surface area contributed by atoms with Crippen molar-refractivity contribution < 1.29 is 33.5 Å². The van der Waals surface area contributed by atoms with Gasteiger partial charge in [0.15, 0.2) is 0 Å². The van der Waals surface area contributed by atoms with E-state index in [1.54, 1.807) is 48.5 Å². The zero-order chi connectivity index (χ0) is 29.5. The lowest BCUT2D eigenvalue weighted by Gasteiger charge is -2.24. The number of nitrogens with one attached hydrogen (secondary N) is 4. The molecule has 2 unspecified atom stereocenters. The SMILES string of the molecule is CC(=O)NCC(=O)NC(Cc1ccccc1)C(=O)NC(CC(C)C)C(=O)NCC(=O)C(=O)OCc1ccccc1. The van der Waals surface area contributed by atoms with Gasteiger partial charge in [-0.05, 0) is 23.5 Å². The maximum absolute atomic E-state index is 13.2. The number of ether oxygens (including phenoxy) is 1. The number of ketones is 1. The Hall–Kier alpha value is -4.54. The number of rotatable bonds is 15. The predicted molar refractivity (Wildman–Crippen MR) is 146 cm³/mol. The minimum Gasteiger partial charge on any atom is -0.455 e. The average Bonchev–Trinajstić information content (AvgIpc) is 2.93. The van der Waals surface area contributed by atoms with Crippen LogP contribution in [0.4, 0.5) is 0 Å². The minimum atomic E-state index is -1.08. The van der Waals surface area contributed by atoms with Crippen LogP contribution in [0.1, 0.15) is 38.3 Å². The lowest BCUT2D eigenvalue weighted by Crippen LogP contribution is -2.56. The Kier molecular flexibility index (Phi) is 13.0. The van der Waals surface area contributed by atoms with E-state index in [-0.39, 0.29) is 31.9 Å². The van der Waals surface area contributed by atoms with Gasteiger partial charge in [0.25, 0.3) is 5.78 Å². The van der Waals surface area contributed by atoms with Crippen LogP contribution in [-0.2, 0) is 46.5 Å². The predicted octanol–water partition coefficient (Wildman–Crippen LogP) is 0.810. The molecular weight excluding hydrogens is 516 g/mol. The van der Waals surface area contributed by atoms with Crippen LogP contribution in [0.3, 0.4) is 0 Å².